The topological polar surface area (TPSA) is 101 Å². The van der Waals surface area contributed by atoms with Gasteiger partial charge in [-0.3, -0.25) is 9.59 Å². The number of nitrogens with one attached hydrogen (secondary N) is 2. The van der Waals surface area contributed by atoms with Gasteiger partial charge in [-0.25, -0.2) is 0 Å². The van der Waals surface area contributed by atoms with Gasteiger partial charge in [-0.2, -0.15) is 4.98 Å². The summed E-state index contributed by atoms with van der Waals surface area (Å²) in [6.07, 6.45) is 0. The lowest BCUT2D eigenvalue weighted by Crippen LogP contribution is -2.25. The van der Waals surface area contributed by atoms with Crippen molar-refractivity contribution in [2.75, 3.05) is 0 Å². The molecule has 0 aliphatic heterocycles. The zero-order chi connectivity index (χ0) is 17.9. The summed E-state index contributed by atoms with van der Waals surface area (Å²) in [5, 5.41) is 7.29. The van der Waals surface area contributed by atoms with E-state index in [4.69, 9.17) is 4.52 Å². The minimum Gasteiger partial charge on any atom is -0.343 e. The minimum atomic E-state index is -0.383. The second kappa shape index (κ2) is 6.64. The van der Waals surface area contributed by atoms with Crippen LogP contribution in [0.1, 0.15) is 16.2 Å². The number of fused-ring (bicyclic) bond motifs is 1. The summed E-state index contributed by atoms with van der Waals surface area (Å²) < 4.78 is 5.17. The monoisotopic (exact) mass is 346 g/mol. The van der Waals surface area contributed by atoms with Gasteiger partial charge in [-0.1, -0.05) is 53.7 Å². The second-order valence-electron chi connectivity index (χ2n) is 5.65. The molecule has 0 saturated heterocycles. The fourth-order valence-corrected chi connectivity index (χ4v) is 2.67. The minimum absolute atomic E-state index is 0.0692. The van der Waals surface area contributed by atoms with Crippen molar-refractivity contribution >= 4 is 16.8 Å². The largest absolute Gasteiger partial charge is 0.343 e. The Kier molecular flexibility index (Phi) is 4.03. The van der Waals surface area contributed by atoms with Crippen molar-refractivity contribution in [2.24, 2.45) is 0 Å². The number of nitrogens with zero attached hydrogens (tertiary/aromatic N) is 2. The van der Waals surface area contributed by atoms with Crippen molar-refractivity contribution in [1.82, 2.24) is 20.4 Å². The number of hydrogen-bond acceptors (Lipinski definition) is 5. The first kappa shape index (κ1) is 15.8. The van der Waals surface area contributed by atoms with Crippen LogP contribution < -0.4 is 10.9 Å². The maximum Gasteiger partial charge on any atom is 0.252 e. The third kappa shape index (κ3) is 3.10. The van der Waals surface area contributed by atoms with Gasteiger partial charge in [0.05, 0.1) is 12.1 Å². The van der Waals surface area contributed by atoms with Crippen LogP contribution in [0.25, 0.3) is 22.3 Å². The summed E-state index contributed by atoms with van der Waals surface area (Å²) in [5.74, 6) is 0.356. The molecule has 2 N–H and O–H groups in total. The van der Waals surface area contributed by atoms with Crippen molar-refractivity contribution < 1.29 is 9.32 Å². The van der Waals surface area contributed by atoms with Crippen LogP contribution in [-0.2, 0) is 6.54 Å². The molecule has 0 spiro atoms. The molecule has 0 unspecified atom stereocenters. The van der Waals surface area contributed by atoms with E-state index in [0.29, 0.717) is 22.3 Å². The molecule has 2 aromatic heterocycles. The number of carbonyl (C=O) groups excluding carboxylic acids is 1. The number of benzene rings is 2. The summed E-state index contributed by atoms with van der Waals surface area (Å²) in [4.78, 5) is 31.2. The van der Waals surface area contributed by atoms with Gasteiger partial charge in [0, 0.05) is 22.5 Å². The third-order valence-corrected chi connectivity index (χ3v) is 3.90. The van der Waals surface area contributed by atoms with Crippen LogP contribution in [0, 0.1) is 0 Å². The van der Waals surface area contributed by atoms with E-state index in [-0.39, 0.29) is 23.9 Å². The SMILES string of the molecule is O=C(NCc1nc(-c2ccccc2)no1)c1cc(=O)[nH]c2ccccc12. The number of para-hydroxylation sites is 1. The van der Waals surface area contributed by atoms with Crippen LogP contribution in [0.5, 0.6) is 0 Å². The summed E-state index contributed by atoms with van der Waals surface area (Å²) in [6, 6.07) is 17.8. The molecule has 7 nitrogen and oxygen atoms in total. The maximum absolute atomic E-state index is 12.5. The summed E-state index contributed by atoms with van der Waals surface area (Å²) >= 11 is 0. The standard InChI is InChI=1S/C19H14N4O3/c24-16-10-14(13-8-4-5-9-15(13)21-16)19(25)20-11-17-22-18(23-26-17)12-6-2-1-3-7-12/h1-10H,11H2,(H,20,25)(H,21,24). The van der Waals surface area contributed by atoms with Gasteiger partial charge in [-0.05, 0) is 6.07 Å². The molecule has 0 aliphatic carbocycles. The Morgan fingerprint density at radius 2 is 1.85 bits per heavy atom. The average Bonchev–Trinajstić information content (AvgIpc) is 3.15. The Morgan fingerprint density at radius 3 is 2.69 bits per heavy atom. The quantitative estimate of drug-likeness (QED) is 0.591. The van der Waals surface area contributed by atoms with Crippen molar-refractivity contribution in [3.8, 4) is 11.4 Å². The van der Waals surface area contributed by atoms with Crippen molar-refractivity contribution in [3.63, 3.8) is 0 Å². The van der Waals surface area contributed by atoms with E-state index in [2.05, 4.69) is 20.4 Å². The average molecular weight is 346 g/mol. The smallest absolute Gasteiger partial charge is 0.252 e. The lowest BCUT2D eigenvalue weighted by molar-refractivity contribution is 0.0947. The fourth-order valence-electron chi connectivity index (χ4n) is 2.67. The molecular formula is C19H14N4O3. The van der Waals surface area contributed by atoms with Crippen LogP contribution in [0.15, 0.2) is 70.0 Å². The molecule has 4 aromatic rings. The van der Waals surface area contributed by atoms with E-state index in [9.17, 15) is 9.59 Å². The number of hydrogen-bond donors (Lipinski definition) is 2. The number of aromatic nitrogens is 3. The summed E-state index contributed by atoms with van der Waals surface area (Å²) in [6.45, 7) is 0.0692. The van der Waals surface area contributed by atoms with Crippen LogP contribution in [-0.4, -0.2) is 21.0 Å². The molecule has 0 fully saturated rings. The zero-order valence-electron chi connectivity index (χ0n) is 13.6. The van der Waals surface area contributed by atoms with Crippen molar-refractivity contribution in [2.45, 2.75) is 6.54 Å². The maximum atomic E-state index is 12.5. The first-order valence-electron chi connectivity index (χ1n) is 7.99. The van der Waals surface area contributed by atoms with Crippen molar-refractivity contribution in [3.05, 3.63) is 82.5 Å². The number of pyridine rings is 1. The summed E-state index contributed by atoms with van der Waals surface area (Å²) in [7, 11) is 0. The highest BCUT2D eigenvalue weighted by atomic mass is 16.5. The molecule has 0 radical (unpaired) electrons. The molecule has 0 bridgehead atoms. The molecular weight excluding hydrogens is 332 g/mol. The molecule has 0 atom stereocenters. The van der Waals surface area contributed by atoms with Gasteiger partial charge >= 0.3 is 0 Å². The van der Waals surface area contributed by atoms with Gasteiger partial charge in [0.2, 0.25) is 17.3 Å². The van der Waals surface area contributed by atoms with E-state index >= 15 is 0 Å². The molecule has 0 aliphatic rings. The van der Waals surface area contributed by atoms with E-state index in [1.165, 1.54) is 6.07 Å². The van der Waals surface area contributed by atoms with E-state index in [0.717, 1.165) is 5.56 Å². The first-order chi connectivity index (χ1) is 12.7. The van der Waals surface area contributed by atoms with Crippen LogP contribution in [0.4, 0.5) is 0 Å². The number of carbonyl (C=O) groups is 1. The fraction of sp³-hybridized carbons (Fsp3) is 0.0526. The van der Waals surface area contributed by atoms with E-state index in [1.807, 2.05) is 36.4 Å². The molecule has 1 amide bonds. The highest BCUT2D eigenvalue weighted by molar-refractivity contribution is 6.05. The molecule has 0 saturated carbocycles. The van der Waals surface area contributed by atoms with Crippen LogP contribution in [0.2, 0.25) is 0 Å². The highest BCUT2D eigenvalue weighted by Gasteiger charge is 2.14. The molecule has 4 rings (SSSR count). The van der Waals surface area contributed by atoms with Crippen LogP contribution in [0.3, 0.4) is 0 Å². The van der Waals surface area contributed by atoms with Gasteiger partial charge in [-0.15, -0.1) is 0 Å². The van der Waals surface area contributed by atoms with Gasteiger partial charge in [0.15, 0.2) is 0 Å². The Morgan fingerprint density at radius 1 is 1.08 bits per heavy atom. The van der Waals surface area contributed by atoms with Gasteiger partial charge in [0.1, 0.15) is 0 Å². The Hall–Kier alpha value is -3.74. The number of aromatic amines is 1. The highest BCUT2D eigenvalue weighted by Crippen LogP contribution is 2.16. The molecule has 7 heteroatoms. The molecule has 2 heterocycles. The molecule has 128 valence electrons. The lowest BCUT2D eigenvalue weighted by atomic mass is 10.1. The Labute approximate surface area is 147 Å². The van der Waals surface area contributed by atoms with Crippen molar-refractivity contribution in [1.29, 1.82) is 0 Å². The Bertz CT molecular complexity index is 1130. The second-order valence-corrected chi connectivity index (χ2v) is 5.65. The third-order valence-electron chi connectivity index (χ3n) is 3.90. The van der Waals surface area contributed by atoms with Crippen LogP contribution >= 0.6 is 0 Å². The predicted molar refractivity (Wildman–Crippen MR) is 95.5 cm³/mol. The van der Waals surface area contributed by atoms with E-state index in [1.54, 1.807) is 18.2 Å². The van der Waals surface area contributed by atoms with Gasteiger partial charge < -0.3 is 14.8 Å². The van der Waals surface area contributed by atoms with E-state index < -0.39 is 0 Å². The normalized spacial score (nSPS) is 10.8. The summed E-state index contributed by atoms with van der Waals surface area (Å²) in [5.41, 5.74) is 1.40. The lowest BCUT2D eigenvalue weighted by Gasteiger charge is -2.06. The number of H-pyrrole nitrogens is 1. The first-order valence-corrected chi connectivity index (χ1v) is 7.99. The predicted octanol–water partition coefficient (Wildman–Crippen LogP) is 2.51. The Balaban J connectivity index is 1.53. The number of rotatable bonds is 4. The molecule has 26 heavy (non-hydrogen) atoms. The van der Waals surface area contributed by atoms with Gasteiger partial charge in [0.25, 0.3) is 5.91 Å². The number of amides is 1. The molecule has 2 aromatic carbocycles. The zero-order valence-corrected chi connectivity index (χ0v) is 13.6.